The third-order valence-electron chi connectivity index (χ3n) is 2.13. The van der Waals surface area contributed by atoms with Crippen molar-refractivity contribution >= 4 is 55.8 Å². The van der Waals surface area contributed by atoms with Crippen LogP contribution in [0.25, 0.3) is 0 Å². The molecular weight excluding hydrogens is 310 g/mol. The number of anilines is 1. The molecule has 0 N–H and O–H groups in total. The molecule has 6 heteroatoms. The van der Waals surface area contributed by atoms with Crippen molar-refractivity contribution in [3.8, 4) is 5.75 Å². The van der Waals surface area contributed by atoms with Crippen molar-refractivity contribution in [3.05, 3.63) is 24.3 Å². The summed E-state index contributed by atoms with van der Waals surface area (Å²) in [5, 5.41) is 0. The first kappa shape index (κ1) is 11.9. The summed E-state index contributed by atoms with van der Waals surface area (Å²) in [7, 11) is 1.60. The average molecular weight is 318 g/mol. The molecule has 1 aliphatic heterocycles. The number of halogens is 1. The van der Waals surface area contributed by atoms with E-state index in [9.17, 15) is 4.79 Å². The Morgan fingerprint density at radius 1 is 1.44 bits per heavy atom. The van der Waals surface area contributed by atoms with Crippen LogP contribution in [0.1, 0.15) is 0 Å². The van der Waals surface area contributed by atoms with E-state index in [-0.39, 0.29) is 10.1 Å². The molecule has 0 aromatic heterocycles. The maximum absolute atomic E-state index is 11.8. The van der Waals surface area contributed by atoms with E-state index in [1.165, 1.54) is 16.7 Å². The predicted octanol–water partition coefficient (Wildman–Crippen LogP) is 2.78. The average Bonchev–Trinajstić information content (AvgIpc) is 2.54. The summed E-state index contributed by atoms with van der Waals surface area (Å²) in [6.07, 6.45) is 0. The van der Waals surface area contributed by atoms with Gasteiger partial charge in [-0.2, -0.15) is 0 Å². The molecule has 1 saturated heterocycles. The van der Waals surface area contributed by atoms with Gasteiger partial charge in [-0.25, -0.2) is 0 Å². The first-order valence-electron chi connectivity index (χ1n) is 4.46. The number of thioether (sulfide) groups is 1. The van der Waals surface area contributed by atoms with Gasteiger partial charge < -0.3 is 4.74 Å². The fraction of sp³-hybridized carbons (Fsp3) is 0.200. The van der Waals surface area contributed by atoms with Gasteiger partial charge in [0.1, 0.15) is 14.2 Å². The first-order valence-corrected chi connectivity index (χ1v) is 6.66. The van der Waals surface area contributed by atoms with Crippen molar-refractivity contribution in [1.82, 2.24) is 0 Å². The monoisotopic (exact) mass is 317 g/mol. The Hall–Kier alpha value is -0.590. The van der Waals surface area contributed by atoms with Gasteiger partial charge in [0, 0.05) is 0 Å². The van der Waals surface area contributed by atoms with Gasteiger partial charge in [0.15, 0.2) is 0 Å². The SMILES string of the molecule is COc1ccc(N2C(=O)C(Br)SC2=S)cc1. The standard InChI is InChI=1S/C10H8BrNO2S2/c1-14-7-4-2-6(3-5-7)12-9(13)8(11)16-10(12)15/h2-5,8H,1H3. The Morgan fingerprint density at radius 2 is 2.06 bits per heavy atom. The van der Waals surface area contributed by atoms with Crippen LogP contribution in [0.15, 0.2) is 24.3 Å². The number of carbonyl (C=O) groups is 1. The van der Waals surface area contributed by atoms with Gasteiger partial charge in [-0.05, 0) is 24.3 Å². The molecule has 1 aromatic carbocycles. The fourth-order valence-corrected chi connectivity index (χ4v) is 3.62. The zero-order valence-electron chi connectivity index (χ0n) is 8.34. The molecule has 0 aliphatic carbocycles. The third-order valence-corrected chi connectivity index (χ3v) is 4.35. The summed E-state index contributed by atoms with van der Waals surface area (Å²) in [4.78, 5) is 13.3. The van der Waals surface area contributed by atoms with Gasteiger partial charge in [-0.3, -0.25) is 9.69 Å². The quantitative estimate of drug-likeness (QED) is 0.619. The Kier molecular flexibility index (Phi) is 3.51. The van der Waals surface area contributed by atoms with Crippen molar-refractivity contribution in [3.63, 3.8) is 0 Å². The maximum Gasteiger partial charge on any atom is 0.256 e. The molecule has 1 atom stereocenters. The second-order valence-corrected chi connectivity index (χ2v) is 6.33. The Labute approximate surface area is 111 Å². The van der Waals surface area contributed by atoms with E-state index < -0.39 is 0 Å². The zero-order valence-corrected chi connectivity index (χ0v) is 11.6. The lowest BCUT2D eigenvalue weighted by Crippen LogP contribution is -2.29. The minimum atomic E-state index is -0.276. The molecule has 1 heterocycles. The Bertz CT molecular complexity index is 435. The smallest absolute Gasteiger partial charge is 0.256 e. The molecule has 1 fully saturated rings. The van der Waals surface area contributed by atoms with Crippen LogP contribution in [0.3, 0.4) is 0 Å². The van der Waals surface area contributed by atoms with Crippen molar-refractivity contribution in [1.29, 1.82) is 0 Å². The number of methoxy groups -OCH3 is 1. The molecule has 16 heavy (non-hydrogen) atoms. The predicted molar refractivity (Wildman–Crippen MR) is 73.4 cm³/mol. The number of hydrogen-bond acceptors (Lipinski definition) is 4. The number of carbonyl (C=O) groups excluding carboxylic acids is 1. The van der Waals surface area contributed by atoms with Crippen LogP contribution >= 0.6 is 39.9 Å². The third kappa shape index (κ3) is 2.09. The minimum absolute atomic E-state index is 0.0415. The molecule has 1 aliphatic rings. The molecule has 3 nitrogen and oxygen atoms in total. The second-order valence-electron chi connectivity index (χ2n) is 3.07. The number of alkyl halides is 1. The largest absolute Gasteiger partial charge is 0.497 e. The molecule has 1 unspecified atom stereocenters. The highest BCUT2D eigenvalue weighted by atomic mass is 79.9. The molecule has 1 aromatic rings. The molecule has 0 bridgehead atoms. The fourth-order valence-electron chi connectivity index (χ4n) is 1.35. The van der Waals surface area contributed by atoms with Crippen LogP contribution < -0.4 is 9.64 Å². The van der Waals surface area contributed by atoms with Crippen molar-refractivity contribution in [2.75, 3.05) is 12.0 Å². The van der Waals surface area contributed by atoms with Crippen LogP contribution in [0.5, 0.6) is 5.75 Å². The number of hydrogen-bond donors (Lipinski definition) is 0. The van der Waals surface area contributed by atoms with E-state index >= 15 is 0 Å². The van der Waals surface area contributed by atoms with Crippen LogP contribution in [-0.4, -0.2) is 21.5 Å². The lowest BCUT2D eigenvalue weighted by Gasteiger charge is -2.15. The summed E-state index contributed by atoms with van der Waals surface area (Å²) in [5.74, 6) is 0.713. The van der Waals surface area contributed by atoms with E-state index in [0.29, 0.717) is 4.32 Å². The van der Waals surface area contributed by atoms with Gasteiger partial charge in [0.05, 0.1) is 12.8 Å². The molecule has 84 valence electrons. The van der Waals surface area contributed by atoms with E-state index in [1.54, 1.807) is 19.2 Å². The lowest BCUT2D eigenvalue weighted by molar-refractivity contribution is -0.115. The van der Waals surface area contributed by atoms with Gasteiger partial charge in [-0.1, -0.05) is 39.9 Å². The van der Waals surface area contributed by atoms with E-state index in [1.807, 2.05) is 12.1 Å². The summed E-state index contributed by atoms with van der Waals surface area (Å²) >= 11 is 9.75. The molecular formula is C10H8BrNO2S2. The van der Waals surface area contributed by atoms with E-state index in [4.69, 9.17) is 17.0 Å². The molecule has 0 spiro atoms. The second kappa shape index (κ2) is 4.73. The van der Waals surface area contributed by atoms with Crippen LogP contribution in [-0.2, 0) is 4.79 Å². The van der Waals surface area contributed by atoms with Crippen LogP contribution in [0, 0.1) is 0 Å². The number of benzene rings is 1. The number of amides is 1. The maximum atomic E-state index is 11.8. The summed E-state index contributed by atoms with van der Waals surface area (Å²) in [6, 6.07) is 7.23. The highest BCUT2D eigenvalue weighted by Crippen LogP contribution is 2.35. The Balaban J connectivity index is 2.30. The zero-order chi connectivity index (χ0) is 11.7. The number of ether oxygens (including phenoxy) is 1. The van der Waals surface area contributed by atoms with Crippen LogP contribution in [0.2, 0.25) is 0 Å². The molecule has 0 saturated carbocycles. The van der Waals surface area contributed by atoms with E-state index in [0.717, 1.165) is 11.4 Å². The van der Waals surface area contributed by atoms with Crippen molar-refractivity contribution in [2.45, 2.75) is 4.16 Å². The number of rotatable bonds is 2. The summed E-state index contributed by atoms with van der Waals surface area (Å²) < 4.78 is 5.35. The van der Waals surface area contributed by atoms with Crippen molar-refractivity contribution in [2.24, 2.45) is 0 Å². The topological polar surface area (TPSA) is 29.5 Å². The van der Waals surface area contributed by atoms with Gasteiger partial charge in [0.25, 0.3) is 5.91 Å². The number of nitrogens with zero attached hydrogens (tertiary/aromatic N) is 1. The van der Waals surface area contributed by atoms with Gasteiger partial charge >= 0.3 is 0 Å². The minimum Gasteiger partial charge on any atom is -0.497 e. The summed E-state index contributed by atoms with van der Waals surface area (Å²) in [6.45, 7) is 0. The van der Waals surface area contributed by atoms with Crippen molar-refractivity contribution < 1.29 is 9.53 Å². The van der Waals surface area contributed by atoms with Gasteiger partial charge in [0.2, 0.25) is 0 Å². The Morgan fingerprint density at radius 3 is 2.50 bits per heavy atom. The molecule has 2 rings (SSSR count). The summed E-state index contributed by atoms with van der Waals surface area (Å²) in [5.41, 5.74) is 0.769. The first-order chi connectivity index (χ1) is 7.63. The van der Waals surface area contributed by atoms with E-state index in [2.05, 4.69) is 15.9 Å². The molecule has 1 amide bonds. The normalized spacial score (nSPS) is 20.4. The lowest BCUT2D eigenvalue weighted by atomic mass is 10.3. The highest BCUT2D eigenvalue weighted by Gasteiger charge is 2.36. The highest BCUT2D eigenvalue weighted by molar-refractivity contribution is 9.12. The molecule has 0 radical (unpaired) electrons. The van der Waals surface area contributed by atoms with Crippen LogP contribution in [0.4, 0.5) is 5.69 Å². The number of thiocarbonyl (C=S) groups is 1. The van der Waals surface area contributed by atoms with Gasteiger partial charge in [-0.15, -0.1) is 0 Å².